The number of hydrogen-bond acceptors (Lipinski definition) is 3. The summed E-state index contributed by atoms with van der Waals surface area (Å²) in [5, 5.41) is 0. The second-order valence-electron chi connectivity index (χ2n) is 3.21. The molecule has 0 rings (SSSR count). The van der Waals surface area contributed by atoms with E-state index in [9.17, 15) is 12.6 Å². The third kappa shape index (κ3) is 7.73. The van der Waals surface area contributed by atoms with Gasteiger partial charge in [-0.25, -0.2) is 13.1 Å². The molecule has 0 bridgehead atoms. The Bertz CT molecular complexity index is 279. The fraction of sp³-hybridized carbons (Fsp3) is 1.00. The fourth-order valence-corrected chi connectivity index (χ4v) is 2.97. The molecule has 2 unspecified atom stereocenters. The predicted molar refractivity (Wildman–Crippen MR) is 60.6 cm³/mol. The van der Waals surface area contributed by atoms with Gasteiger partial charge in [-0.1, -0.05) is 6.92 Å². The van der Waals surface area contributed by atoms with E-state index in [4.69, 9.17) is 11.6 Å². The zero-order valence-electron chi connectivity index (χ0n) is 8.32. The van der Waals surface area contributed by atoms with Crippen molar-refractivity contribution in [1.82, 2.24) is 4.72 Å². The Balaban J connectivity index is 3.90. The molecule has 0 saturated carbocycles. The molecule has 0 heterocycles. The normalized spacial score (nSPS) is 16.5. The molecule has 0 radical (unpaired) electrons. The van der Waals surface area contributed by atoms with Crippen LogP contribution in [-0.4, -0.2) is 42.8 Å². The molecule has 1 N–H and O–H groups in total. The number of nitrogens with one attached hydrogen (secondary N) is 1. The summed E-state index contributed by atoms with van der Waals surface area (Å²) in [5.74, 6) is 0.614. The molecule has 2 atom stereocenters. The molecule has 7 heteroatoms. The van der Waals surface area contributed by atoms with Gasteiger partial charge < -0.3 is 0 Å². The Hall–Kier alpha value is 0.350. The third-order valence-corrected chi connectivity index (χ3v) is 4.44. The minimum absolute atomic E-state index is 0.0207. The maximum absolute atomic E-state index is 11.3. The van der Waals surface area contributed by atoms with Crippen molar-refractivity contribution >= 4 is 32.4 Å². The Morgan fingerprint density at radius 1 is 1.50 bits per heavy atom. The summed E-state index contributed by atoms with van der Waals surface area (Å²) in [6.07, 6.45) is 1.54. The first kappa shape index (κ1) is 14.3. The zero-order valence-corrected chi connectivity index (χ0v) is 10.7. The van der Waals surface area contributed by atoms with Crippen molar-refractivity contribution in [3.63, 3.8) is 0 Å². The number of sulfonamides is 1. The summed E-state index contributed by atoms with van der Waals surface area (Å²) in [6, 6.07) is 0. The summed E-state index contributed by atoms with van der Waals surface area (Å²) in [5.41, 5.74) is 0. The molecule has 0 aliphatic carbocycles. The summed E-state index contributed by atoms with van der Waals surface area (Å²) < 4.78 is 35.7. The minimum Gasteiger partial charge on any atom is -0.260 e. The zero-order chi connectivity index (χ0) is 11.2. The highest BCUT2D eigenvalue weighted by Crippen LogP contribution is 2.01. The highest BCUT2D eigenvalue weighted by molar-refractivity contribution is 7.89. The molecule has 0 aromatic rings. The van der Waals surface area contributed by atoms with E-state index in [0.717, 1.165) is 0 Å². The average molecular weight is 262 g/mol. The van der Waals surface area contributed by atoms with Crippen molar-refractivity contribution in [2.24, 2.45) is 5.92 Å². The van der Waals surface area contributed by atoms with Crippen molar-refractivity contribution in [1.29, 1.82) is 0 Å². The molecule has 0 aromatic carbocycles. The molecule has 0 aliphatic heterocycles. The third-order valence-electron chi connectivity index (χ3n) is 1.48. The Labute approximate surface area is 92.9 Å². The molecule has 4 nitrogen and oxygen atoms in total. The summed E-state index contributed by atoms with van der Waals surface area (Å²) >= 11 is 5.50. The molecular weight excluding hydrogens is 246 g/mol. The lowest BCUT2D eigenvalue weighted by Crippen LogP contribution is -2.32. The van der Waals surface area contributed by atoms with Crippen molar-refractivity contribution < 1.29 is 12.6 Å². The first-order chi connectivity index (χ1) is 6.37. The van der Waals surface area contributed by atoms with Gasteiger partial charge in [0.05, 0.1) is 5.75 Å². The minimum atomic E-state index is -3.26. The molecule has 0 aromatic heterocycles. The van der Waals surface area contributed by atoms with E-state index in [1.807, 2.05) is 0 Å². The maximum atomic E-state index is 11.3. The molecule has 0 spiro atoms. The maximum Gasteiger partial charge on any atom is 0.211 e. The average Bonchev–Trinajstić information content (AvgIpc) is 2.02. The van der Waals surface area contributed by atoms with Crippen molar-refractivity contribution in [3.05, 3.63) is 0 Å². The topological polar surface area (TPSA) is 63.2 Å². The van der Waals surface area contributed by atoms with E-state index >= 15 is 0 Å². The van der Waals surface area contributed by atoms with Crippen LogP contribution in [0, 0.1) is 5.92 Å². The first-order valence-electron chi connectivity index (χ1n) is 4.20. The van der Waals surface area contributed by atoms with Gasteiger partial charge in [0, 0.05) is 35.2 Å². The lowest BCUT2D eigenvalue weighted by Gasteiger charge is -2.09. The van der Waals surface area contributed by atoms with E-state index < -0.39 is 20.8 Å². The highest BCUT2D eigenvalue weighted by atomic mass is 35.5. The number of alkyl halides is 1. The van der Waals surface area contributed by atoms with Crippen LogP contribution in [0.25, 0.3) is 0 Å². The van der Waals surface area contributed by atoms with Gasteiger partial charge in [-0.15, -0.1) is 11.6 Å². The van der Waals surface area contributed by atoms with E-state index in [0.29, 0.717) is 11.6 Å². The van der Waals surface area contributed by atoms with Crippen molar-refractivity contribution in [3.8, 4) is 0 Å². The molecule has 14 heavy (non-hydrogen) atoms. The van der Waals surface area contributed by atoms with E-state index in [1.165, 1.54) is 6.26 Å². The predicted octanol–water partition coefficient (Wildman–Crippen LogP) is 0.159. The number of hydrogen-bond donors (Lipinski definition) is 1. The van der Waals surface area contributed by atoms with Crippen LogP contribution in [-0.2, 0) is 20.8 Å². The standard InChI is InChI=1S/C7H16ClNO3S2/c1-7(5-8)6-14(11,12)9-3-4-13(2)10/h7,9H,3-6H2,1-2H3. The lowest BCUT2D eigenvalue weighted by molar-refractivity contribution is 0.571. The van der Waals surface area contributed by atoms with Crippen LogP contribution in [0.5, 0.6) is 0 Å². The van der Waals surface area contributed by atoms with Crippen molar-refractivity contribution in [2.45, 2.75) is 6.92 Å². The fourth-order valence-electron chi connectivity index (χ4n) is 0.819. The summed E-state index contributed by atoms with van der Waals surface area (Å²) in [7, 11) is -4.23. The largest absolute Gasteiger partial charge is 0.260 e. The Kier molecular flexibility index (Phi) is 6.93. The molecule has 86 valence electrons. The molecule has 0 amide bonds. The smallest absolute Gasteiger partial charge is 0.211 e. The van der Waals surface area contributed by atoms with Crippen LogP contribution in [0.4, 0.5) is 0 Å². The van der Waals surface area contributed by atoms with Gasteiger partial charge in [0.15, 0.2) is 0 Å². The number of rotatable bonds is 7. The van der Waals surface area contributed by atoms with Crippen molar-refractivity contribution in [2.75, 3.05) is 30.2 Å². The summed E-state index contributed by atoms with van der Waals surface area (Å²) in [6.45, 7) is 1.99. The van der Waals surface area contributed by atoms with Crippen LogP contribution in [0.3, 0.4) is 0 Å². The Morgan fingerprint density at radius 2 is 2.07 bits per heavy atom. The van der Waals surface area contributed by atoms with Gasteiger partial charge in [0.25, 0.3) is 0 Å². The van der Waals surface area contributed by atoms with Gasteiger partial charge in [-0.05, 0) is 5.92 Å². The highest BCUT2D eigenvalue weighted by Gasteiger charge is 2.14. The summed E-state index contributed by atoms with van der Waals surface area (Å²) in [4.78, 5) is 0. The first-order valence-corrected chi connectivity index (χ1v) is 8.12. The number of halogens is 1. The van der Waals surface area contributed by atoms with Gasteiger partial charge in [-0.3, -0.25) is 4.21 Å². The second kappa shape index (κ2) is 6.76. The van der Waals surface area contributed by atoms with Gasteiger partial charge >= 0.3 is 0 Å². The van der Waals surface area contributed by atoms with Crippen LogP contribution >= 0.6 is 11.6 Å². The SMILES string of the molecule is CC(CCl)CS(=O)(=O)NCCS(C)=O. The van der Waals surface area contributed by atoms with Crippen LogP contribution in [0.1, 0.15) is 6.92 Å². The van der Waals surface area contributed by atoms with E-state index in [2.05, 4.69) is 4.72 Å². The van der Waals surface area contributed by atoms with Gasteiger partial charge in [-0.2, -0.15) is 0 Å². The lowest BCUT2D eigenvalue weighted by atomic mass is 10.3. The molecular formula is C7H16ClNO3S2. The Morgan fingerprint density at radius 3 is 2.50 bits per heavy atom. The van der Waals surface area contributed by atoms with Crippen LogP contribution in [0.15, 0.2) is 0 Å². The monoisotopic (exact) mass is 261 g/mol. The van der Waals surface area contributed by atoms with E-state index in [1.54, 1.807) is 6.92 Å². The second-order valence-corrected chi connectivity index (χ2v) is 6.93. The molecule has 0 fully saturated rings. The van der Waals surface area contributed by atoms with Gasteiger partial charge in [0.2, 0.25) is 10.0 Å². The molecule has 0 saturated heterocycles. The van der Waals surface area contributed by atoms with Gasteiger partial charge in [0.1, 0.15) is 0 Å². The molecule has 0 aliphatic rings. The van der Waals surface area contributed by atoms with Crippen LogP contribution < -0.4 is 4.72 Å². The quantitative estimate of drug-likeness (QED) is 0.664. The van der Waals surface area contributed by atoms with E-state index in [-0.39, 0.29) is 18.2 Å². The van der Waals surface area contributed by atoms with Crippen LogP contribution in [0.2, 0.25) is 0 Å².